The summed E-state index contributed by atoms with van der Waals surface area (Å²) >= 11 is 0. The van der Waals surface area contributed by atoms with E-state index in [1.54, 1.807) is 39.8 Å². The third kappa shape index (κ3) is 5.91. The quantitative estimate of drug-likeness (QED) is 0.772. The molecule has 2 amide bonds. The van der Waals surface area contributed by atoms with Crippen LogP contribution in [-0.2, 0) is 16.1 Å². The monoisotopic (exact) mass is 345 g/mol. The van der Waals surface area contributed by atoms with Gasteiger partial charge in [0.15, 0.2) is 5.82 Å². The molecule has 0 atom stereocenters. The Bertz CT molecular complexity index is 731. The predicted molar refractivity (Wildman–Crippen MR) is 93.8 cm³/mol. The Morgan fingerprint density at radius 1 is 1.20 bits per heavy atom. The van der Waals surface area contributed by atoms with E-state index in [1.165, 1.54) is 0 Å². The Balaban J connectivity index is 1.94. The molecule has 3 N–H and O–H groups in total. The van der Waals surface area contributed by atoms with Gasteiger partial charge >= 0.3 is 6.09 Å². The number of anilines is 1. The molecule has 0 fully saturated rings. The number of nitrogens with one attached hydrogen (secondary N) is 3. The zero-order valence-electron chi connectivity index (χ0n) is 14.8. The number of benzene rings is 1. The van der Waals surface area contributed by atoms with Gasteiger partial charge in [-0.25, -0.2) is 9.78 Å². The molecule has 25 heavy (non-hydrogen) atoms. The number of hydrogen-bond acceptors (Lipinski definition) is 5. The first-order valence-electron chi connectivity index (χ1n) is 8.05. The first-order chi connectivity index (χ1) is 11.8. The van der Waals surface area contributed by atoms with Crippen LogP contribution in [0, 0.1) is 0 Å². The van der Waals surface area contributed by atoms with E-state index in [4.69, 9.17) is 4.74 Å². The fraction of sp³-hybridized carbons (Fsp3) is 0.412. The smallest absolute Gasteiger partial charge is 0.408 e. The summed E-state index contributed by atoms with van der Waals surface area (Å²) in [6.45, 7) is 7.37. The van der Waals surface area contributed by atoms with Crippen LogP contribution in [0.1, 0.15) is 39.9 Å². The molecule has 0 aliphatic heterocycles. The molecule has 0 aliphatic rings. The van der Waals surface area contributed by atoms with Crippen molar-refractivity contribution in [2.24, 2.45) is 0 Å². The number of ether oxygens (including phenoxy) is 1. The average Bonchev–Trinajstić information content (AvgIpc) is 3.01. The van der Waals surface area contributed by atoms with Crippen molar-refractivity contribution in [2.45, 2.75) is 46.3 Å². The topological polar surface area (TPSA) is 109 Å². The number of hydrogen-bond donors (Lipinski definition) is 3. The van der Waals surface area contributed by atoms with Gasteiger partial charge in [-0.05, 0) is 45.0 Å². The zero-order valence-corrected chi connectivity index (χ0v) is 14.8. The second kappa shape index (κ2) is 7.78. The molecule has 1 aromatic heterocycles. The van der Waals surface area contributed by atoms with Crippen molar-refractivity contribution >= 4 is 17.7 Å². The summed E-state index contributed by atoms with van der Waals surface area (Å²) in [6.07, 6.45) is -0.0853. The minimum Gasteiger partial charge on any atom is -0.444 e. The van der Waals surface area contributed by atoms with Gasteiger partial charge in [-0.3, -0.25) is 9.89 Å². The van der Waals surface area contributed by atoms with E-state index in [0.29, 0.717) is 18.1 Å². The van der Waals surface area contributed by atoms with Gasteiger partial charge in [0, 0.05) is 17.7 Å². The van der Waals surface area contributed by atoms with Crippen LogP contribution >= 0.6 is 0 Å². The Morgan fingerprint density at radius 2 is 1.88 bits per heavy atom. The van der Waals surface area contributed by atoms with E-state index in [-0.39, 0.29) is 12.5 Å². The lowest BCUT2D eigenvalue weighted by atomic mass is 10.2. The summed E-state index contributed by atoms with van der Waals surface area (Å²) in [6, 6.07) is 7.22. The van der Waals surface area contributed by atoms with Crippen LogP contribution in [-0.4, -0.2) is 32.8 Å². The van der Waals surface area contributed by atoms with E-state index in [2.05, 4.69) is 25.8 Å². The number of amides is 2. The lowest BCUT2D eigenvalue weighted by Crippen LogP contribution is -2.32. The Labute approximate surface area is 146 Å². The standard InChI is InChI=1S/C17H23N5O3/c1-5-14(23)19-12-8-6-11(7-9-12)15-20-13(21-22-15)10-18-16(24)25-17(2,3)4/h6-9H,5,10H2,1-4H3,(H,18,24)(H,19,23)(H,20,21,22). The molecule has 0 saturated heterocycles. The van der Waals surface area contributed by atoms with Crippen molar-refractivity contribution in [3.05, 3.63) is 30.1 Å². The molecule has 0 bridgehead atoms. The third-order valence-electron chi connectivity index (χ3n) is 3.08. The van der Waals surface area contributed by atoms with Gasteiger partial charge in [0.25, 0.3) is 0 Å². The number of aromatic nitrogens is 3. The lowest BCUT2D eigenvalue weighted by Gasteiger charge is -2.19. The minimum atomic E-state index is -0.550. The van der Waals surface area contributed by atoms with Gasteiger partial charge in [0.05, 0.1) is 6.54 Å². The molecule has 134 valence electrons. The van der Waals surface area contributed by atoms with Crippen molar-refractivity contribution in [2.75, 3.05) is 5.32 Å². The maximum Gasteiger partial charge on any atom is 0.408 e. The number of rotatable bonds is 5. The second-order valence-electron chi connectivity index (χ2n) is 6.44. The van der Waals surface area contributed by atoms with Gasteiger partial charge in [-0.1, -0.05) is 6.92 Å². The Kier molecular flexibility index (Phi) is 5.74. The van der Waals surface area contributed by atoms with Crippen molar-refractivity contribution in [3.8, 4) is 11.4 Å². The van der Waals surface area contributed by atoms with Gasteiger partial charge in [0.2, 0.25) is 5.91 Å². The molecular formula is C17H23N5O3. The molecule has 1 aromatic carbocycles. The number of aromatic amines is 1. The largest absolute Gasteiger partial charge is 0.444 e. The lowest BCUT2D eigenvalue weighted by molar-refractivity contribution is -0.115. The highest BCUT2D eigenvalue weighted by Gasteiger charge is 2.16. The van der Waals surface area contributed by atoms with E-state index >= 15 is 0 Å². The molecule has 0 spiro atoms. The van der Waals surface area contributed by atoms with Crippen LogP contribution in [0.5, 0.6) is 0 Å². The fourth-order valence-electron chi connectivity index (χ4n) is 1.93. The highest BCUT2D eigenvalue weighted by Crippen LogP contribution is 2.18. The summed E-state index contributed by atoms with van der Waals surface area (Å²) in [4.78, 5) is 27.3. The van der Waals surface area contributed by atoms with Crippen LogP contribution in [0.3, 0.4) is 0 Å². The summed E-state index contributed by atoms with van der Waals surface area (Å²) in [5, 5.41) is 12.3. The molecule has 8 nitrogen and oxygen atoms in total. The number of H-pyrrole nitrogens is 1. The summed E-state index contributed by atoms with van der Waals surface area (Å²) in [5.41, 5.74) is 0.971. The van der Waals surface area contributed by atoms with Gasteiger partial charge < -0.3 is 15.4 Å². The molecule has 8 heteroatoms. The van der Waals surface area contributed by atoms with Crippen LogP contribution < -0.4 is 10.6 Å². The van der Waals surface area contributed by atoms with Gasteiger partial charge in [-0.2, -0.15) is 5.10 Å². The van der Waals surface area contributed by atoms with Gasteiger partial charge in [0.1, 0.15) is 11.4 Å². The SMILES string of the molecule is CCC(=O)Nc1ccc(-c2n[nH]c(CNC(=O)OC(C)(C)C)n2)cc1. The second-order valence-corrected chi connectivity index (χ2v) is 6.44. The van der Waals surface area contributed by atoms with Crippen molar-refractivity contribution in [1.82, 2.24) is 20.5 Å². The highest BCUT2D eigenvalue weighted by molar-refractivity contribution is 5.90. The molecule has 0 unspecified atom stereocenters. The summed E-state index contributed by atoms with van der Waals surface area (Å²) < 4.78 is 5.16. The van der Waals surface area contributed by atoms with Crippen LogP contribution in [0.2, 0.25) is 0 Å². The fourth-order valence-corrected chi connectivity index (χ4v) is 1.93. The third-order valence-corrected chi connectivity index (χ3v) is 3.08. The molecule has 0 aliphatic carbocycles. The van der Waals surface area contributed by atoms with E-state index in [9.17, 15) is 9.59 Å². The number of alkyl carbamates (subject to hydrolysis) is 1. The zero-order chi connectivity index (χ0) is 18.4. The minimum absolute atomic E-state index is 0.0406. The van der Waals surface area contributed by atoms with Gasteiger partial charge in [-0.15, -0.1) is 0 Å². The van der Waals surface area contributed by atoms with Crippen molar-refractivity contribution in [3.63, 3.8) is 0 Å². The molecule has 2 aromatic rings. The molecular weight excluding hydrogens is 322 g/mol. The average molecular weight is 345 g/mol. The molecule has 0 saturated carbocycles. The van der Waals surface area contributed by atoms with Crippen LogP contribution in [0.25, 0.3) is 11.4 Å². The van der Waals surface area contributed by atoms with Crippen molar-refractivity contribution < 1.29 is 14.3 Å². The van der Waals surface area contributed by atoms with Crippen LogP contribution in [0.15, 0.2) is 24.3 Å². The maximum absolute atomic E-state index is 11.6. The van der Waals surface area contributed by atoms with Crippen LogP contribution in [0.4, 0.5) is 10.5 Å². The number of carbonyl (C=O) groups excluding carboxylic acids is 2. The molecule has 1 heterocycles. The summed E-state index contributed by atoms with van der Waals surface area (Å²) in [7, 11) is 0. The van der Waals surface area contributed by atoms with Crippen molar-refractivity contribution in [1.29, 1.82) is 0 Å². The highest BCUT2D eigenvalue weighted by atomic mass is 16.6. The summed E-state index contributed by atoms with van der Waals surface area (Å²) in [5.74, 6) is 0.986. The molecule has 0 radical (unpaired) electrons. The van der Waals surface area contributed by atoms with E-state index in [1.807, 2.05) is 12.1 Å². The molecule has 2 rings (SSSR count). The first kappa shape index (κ1) is 18.4. The Hall–Kier alpha value is -2.90. The van der Waals surface area contributed by atoms with E-state index in [0.717, 1.165) is 11.3 Å². The normalized spacial score (nSPS) is 11.0. The number of carbonyl (C=O) groups is 2. The number of nitrogens with zero attached hydrogens (tertiary/aromatic N) is 2. The first-order valence-corrected chi connectivity index (χ1v) is 8.05. The maximum atomic E-state index is 11.6. The Morgan fingerprint density at radius 3 is 2.48 bits per heavy atom. The predicted octanol–water partition coefficient (Wildman–Crippen LogP) is 2.84. The van der Waals surface area contributed by atoms with E-state index < -0.39 is 11.7 Å².